The van der Waals surface area contributed by atoms with Gasteiger partial charge in [0.05, 0.1) is 6.10 Å². The van der Waals surface area contributed by atoms with E-state index in [1.807, 2.05) is 6.07 Å². The fraction of sp³-hybridized carbons (Fsp3) is 0.263. The third-order valence-corrected chi connectivity index (χ3v) is 4.52. The number of alkyl halides is 3. The Morgan fingerprint density at radius 1 is 1.15 bits per heavy atom. The van der Waals surface area contributed by atoms with E-state index in [0.29, 0.717) is 24.1 Å². The van der Waals surface area contributed by atoms with Crippen LogP contribution in [0.4, 0.5) is 13.2 Å². The monoisotopic (exact) mass is 362 g/mol. The summed E-state index contributed by atoms with van der Waals surface area (Å²) in [5.41, 5.74) is 3.20. The van der Waals surface area contributed by atoms with Crippen molar-refractivity contribution in [3.05, 3.63) is 64.7 Å². The number of hydrogen-bond acceptors (Lipinski definition) is 4. The quantitative estimate of drug-likeness (QED) is 0.711. The van der Waals surface area contributed by atoms with Crippen LogP contribution in [0, 0.1) is 16.7 Å². The van der Waals surface area contributed by atoms with Crippen LogP contribution in [-0.4, -0.2) is 23.4 Å². The van der Waals surface area contributed by atoms with Crippen LogP contribution in [-0.2, 0) is 6.42 Å². The maximum absolute atomic E-state index is 12.2. The van der Waals surface area contributed by atoms with Crippen LogP contribution < -0.4 is 4.74 Å². The first kappa shape index (κ1) is 18.1. The Morgan fingerprint density at radius 2 is 1.85 bits per heavy atom. The highest BCUT2D eigenvalue weighted by molar-refractivity contribution is 6.03. The molecule has 3 rings (SSSR count). The number of nitrogens with one attached hydrogen (secondary N) is 2. The van der Waals surface area contributed by atoms with Gasteiger partial charge in [-0.05, 0) is 53.3 Å². The second kappa shape index (κ2) is 6.92. The van der Waals surface area contributed by atoms with Crippen molar-refractivity contribution in [1.82, 2.24) is 0 Å². The molecule has 1 aliphatic rings. The SMILES string of the molecule is N=Cc1ccc2c(c1)CCC(C(O)c1ccc(OC(F)(F)F)cc1)C2=N. The molecule has 4 nitrogen and oxygen atoms in total. The molecule has 0 spiro atoms. The number of fused-ring (bicyclic) bond motifs is 1. The molecule has 3 N–H and O–H groups in total. The molecule has 2 unspecified atom stereocenters. The number of aliphatic hydroxyl groups is 1. The zero-order valence-corrected chi connectivity index (χ0v) is 13.7. The molecule has 2 atom stereocenters. The molecule has 0 fully saturated rings. The number of aryl methyl sites for hydroxylation is 1. The van der Waals surface area contributed by atoms with Crippen LogP contribution in [0.15, 0.2) is 42.5 Å². The maximum Gasteiger partial charge on any atom is 0.573 e. The van der Waals surface area contributed by atoms with Crippen molar-refractivity contribution in [2.75, 3.05) is 0 Å². The Balaban J connectivity index is 1.78. The highest BCUT2D eigenvalue weighted by Gasteiger charge is 2.32. The zero-order chi connectivity index (χ0) is 18.9. The summed E-state index contributed by atoms with van der Waals surface area (Å²) in [6.07, 6.45) is -3.29. The molecule has 0 radical (unpaired) electrons. The minimum Gasteiger partial charge on any atom is -0.406 e. The average Bonchev–Trinajstić information content (AvgIpc) is 2.60. The summed E-state index contributed by atoms with van der Waals surface area (Å²) in [6, 6.07) is 10.5. The zero-order valence-electron chi connectivity index (χ0n) is 13.7. The number of ether oxygens (including phenoxy) is 1. The van der Waals surface area contributed by atoms with E-state index in [-0.39, 0.29) is 5.75 Å². The van der Waals surface area contributed by atoms with E-state index in [1.54, 1.807) is 12.1 Å². The number of aliphatic hydroxyl groups excluding tert-OH is 1. The molecule has 1 aliphatic carbocycles. The predicted molar refractivity (Wildman–Crippen MR) is 91.1 cm³/mol. The van der Waals surface area contributed by atoms with E-state index in [0.717, 1.165) is 28.8 Å². The molecule has 0 saturated carbocycles. The van der Waals surface area contributed by atoms with Crippen molar-refractivity contribution >= 4 is 11.9 Å². The number of halogens is 3. The number of benzene rings is 2. The van der Waals surface area contributed by atoms with Gasteiger partial charge in [-0.2, -0.15) is 0 Å². The Labute approximate surface area is 148 Å². The number of hydrogen-bond donors (Lipinski definition) is 3. The highest BCUT2D eigenvalue weighted by atomic mass is 19.4. The average molecular weight is 362 g/mol. The van der Waals surface area contributed by atoms with Crippen LogP contribution in [0.1, 0.15) is 34.8 Å². The summed E-state index contributed by atoms with van der Waals surface area (Å²) < 4.78 is 40.5. The molecule has 136 valence electrons. The van der Waals surface area contributed by atoms with E-state index in [1.165, 1.54) is 18.3 Å². The van der Waals surface area contributed by atoms with Gasteiger partial charge < -0.3 is 20.7 Å². The highest BCUT2D eigenvalue weighted by Crippen LogP contribution is 2.35. The summed E-state index contributed by atoms with van der Waals surface area (Å²) in [7, 11) is 0. The van der Waals surface area contributed by atoms with Gasteiger partial charge >= 0.3 is 6.36 Å². The molecule has 2 aromatic rings. The molecule has 26 heavy (non-hydrogen) atoms. The fourth-order valence-electron chi connectivity index (χ4n) is 3.24. The van der Waals surface area contributed by atoms with Crippen molar-refractivity contribution in [1.29, 1.82) is 10.8 Å². The minimum atomic E-state index is -4.76. The first-order valence-corrected chi connectivity index (χ1v) is 8.04. The smallest absolute Gasteiger partial charge is 0.406 e. The van der Waals surface area contributed by atoms with Crippen molar-refractivity contribution in [3.63, 3.8) is 0 Å². The molecule has 0 aliphatic heterocycles. The van der Waals surface area contributed by atoms with E-state index in [9.17, 15) is 18.3 Å². The normalized spacial score (nSPS) is 18.2. The van der Waals surface area contributed by atoms with Gasteiger partial charge in [-0.1, -0.05) is 24.3 Å². The molecular formula is C19H17F3N2O2. The molecule has 0 saturated heterocycles. The van der Waals surface area contributed by atoms with Gasteiger partial charge in [-0.25, -0.2) is 0 Å². The first-order chi connectivity index (χ1) is 12.3. The molecule has 2 aromatic carbocycles. The molecule has 0 bridgehead atoms. The third-order valence-electron chi connectivity index (χ3n) is 4.52. The van der Waals surface area contributed by atoms with Gasteiger partial charge in [0, 0.05) is 17.8 Å². The van der Waals surface area contributed by atoms with Crippen LogP contribution in [0.2, 0.25) is 0 Å². The predicted octanol–water partition coefficient (Wildman–Crippen LogP) is 4.25. The first-order valence-electron chi connectivity index (χ1n) is 8.04. The van der Waals surface area contributed by atoms with Gasteiger partial charge in [0.2, 0.25) is 0 Å². The molecule has 0 heterocycles. The topological polar surface area (TPSA) is 77.2 Å². The standard InChI is InChI=1S/C19H17F3N2O2/c20-19(21,22)26-14-5-2-12(3-6-14)18(25)16-8-4-13-9-11(10-23)1-7-15(13)17(16)24/h1-3,5-7,9-10,16,18,23-25H,4,8H2. The summed E-state index contributed by atoms with van der Waals surface area (Å²) >= 11 is 0. The third kappa shape index (κ3) is 3.77. The summed E-state index contributed by atoms with van der Waals surface area (Å²) in [4.78, 5) is 0. The Hall–Kier alpha value is -2.67. The van der Waals surface area contributed by atoms with Gasteiger partial charge in [0.25, 0.3) is 0 Å². The summed E-state index contributed by atoms with van der Waals surface area (Å²) in [5.74, 6) is -0.792. The lowest BCUT2D eigenvalue weighted by Gasteiger charge is -2.30. The van der Waals surface area contributed by atoms with E-state index >= 15 is 0 Å². The maximum atomic E-state index is 12.2. The lowest BCUT2D eigenvalue weighted by atomic mass is 9.77. The number of rotatable bonds is 4. The lowest BCUT2D eigenvalue weighted by Crippen LogP contribution is -2.28. The van der Waals surface area contributed by atoms with Gasteiger partial charge in [-0.15, -0.1) is 13.2 Å². The summed E-state index contributed by atoms with van der Waals surface area (Å²) in [5, 5.41) is 26.3. The lowest BCUT2D eigenvalue weighted by molar-refractivity contribution is -0.274. The van der Waals surface area contributed by atoms with Crippen LogP contribution in [0.3, 0.4) is 0 Å². The van der Waals surface area contributed by atoms with Gasteiger partial charge in [0.15, 0.2) is 0 Å². The van der Waals surface area contributed by atoms with Crippen LogP contribution in [0.5, 0.6) is 5.75 Å². The van der Waals surface area contributed by atoms with Gasteiger partial charge in [-0.3, -0.25) is 0 Å². The second-order valence-electron chi connectivity index (χ2n) is 6.18. The van der Waals surface area contributed by atoms with Crippen molar-refractivity contribution < 1.29 is 23.0 Å². The van der Waals surface area contributed by atoms with E-state index in [2.05, 4.69) is 4.74 Å². The van der Waals surface area contributed by atoms with Crippen molar-refractivity contribution in [2.45, 2.75) is 25.3 Å². The second-order valence-corrected chi connectivity index (χ2v) is 6.18. The Kier molecular flexibility index (Phi) is 4.82. The molecule has 7 heteroatoms. The van der Waals surface area contributed by atoms with Crippen molar-refractivity contribution in [3.8, 4) is 5.75 Å². The Bertz CT molecular complexity index is 832. The van der Waals surface area contributed by atoms with E-state index in [4.69, 9.17) is 10.8 Å². The molecular weight excluding hydrogens is 345 g/mol. The summed E-state index contributed by atoms with van der Waals surface area (Å²) in [6.45, 7) is 0. The van der Waals surface area contributed by atoms with Crippen LogP contribution >= 0.6 is 0 Å². The molecule has 0 amide bonds. The molecule has 0 aromatic heterocycles. The largest absolute Gasteiger partial charge is 0.573 e. The van der Waals surface area contributed by atoms with E-state index < -0.39 is 18.4 Å². The Morgan fingerprint density at radius 3 is 2.46 bits per heavy atom. The van der Waals surface area contributed by atoms with Gasteiger partial charge in [0.1, 0.15) is 5.75 Å². The van der Waals surface area contributed by atoms with Crippen LogP contribution in [0.25, 0.3) is 0 Å². The fourth-order valence-corrected chi connectivity index (χ4v) is 3.24. The van der Waals surface area contributed by atoms with Crippen molar-refractivity contribution in [2.24, 2.45) is 5.92 Å². The minimum absolute atomic E-state index is 0.297.